The zero-order valence-corrected chi connectivity index (χ0v) is 18.0. The van der Waals surface area contributed by atoms with Crippen LogP contribution < -0.4 is 20.7 Å². The van der Waals surface area contributed by atoms with Gasteiger partial charge < -0.3 is 20.7 Å². The van der Waals surface area contributed by atoms with Gasteiger partial charge in [-0.2, -0.15) is 0 Å². The Hall–Kier alpha value is -3.02. The molecule has 0 bridgehead atoms. The van der Waals surface area contributed by atoms with Gasteiger partial charge in [-0.1, -0.05) is 39.0 Å². The molecule has 3 rings (SSSR count). The lowest BCUT2D eigenvalue weighted by atomic mass is 9.86. The van der Waals surface area contributed by atoms with E-state index in [1.807, 2.05) is 30.3 Å². The van der Waals surface area contributed by atoms with Gasteiger partial charge in [0.2, 0.25) is 5.91 Å². The van der Waals surface area contributed by atoms with Gasteiger partial charge in [0.25, 0.3) is 5.91 Å². The molecule has 2 amide bonds. The average Bonchev–Trinajstić information content (AvgIpc) is 2.72. The maximum Gasteiger partial charge on any atom is 0.262 e. The Bertz CT molecular complexity index is 912. The maximum atomic E-state index is 12.7. The summed E-state index contributed by atoms with van der Waals surface area (Å²) in [7, 11) is 0. The summed E-state index contributed by atoms with van der Waals surface area (Å²) in [6.07, 6.45) is 3.42. The summed E-state index contributed by atoms with van der Waals surface area (Å²) in [5.41, 5.74) is 8.26. The van der Waals surface area contributed by atoms with Gasteiger partial charge in [0.15, 0.2) is 6.61 Å². The number of rotatable bonds is 6. The van der Waals surface area contributed by atoms with Gasteiger partial charge in [0, 0.05) is 18.7 Å². The van der Waals surface area contributed by atoms with Crippen molar-refractivity contribution in [3.8, 4) is 5.75 Å². The number of benzene rings is 2. The van der Waals surface area contributed by atoms with Crippen LogP contribution in [0, 0.1) is 0 Å². The Labute approximate surface area is 178 Å². The number of nitrogens with one attached hydrogen (secondary N) is 1. The van der Waals surface area contributed by atoms with E-state index < -0.39 is 5.91 Å². The van der Waals surface area contributed by atoms with E-state index in [-0.39, 0.29) is 17.9 Å². The van der Waals surface area contributed by atoms with Crippen molar-refractivity contribution in [3.05, 3.63) is 53.6 Å². The summed E-state index contributed by atoms with van der Waals surface area (Å²) >= 11 is 0. The van der Waals surface area contributed by atoms with Crippen LogP contribution in [0.4, 0.5) is 11.4 Å². The summed E-state index contributed by atoms with van der Waals surface area (Å²) in [5, 5.41) is 2.92. The Morgan fingerprint density at radius 3 is 2.43 bits per heavy atom. The number of piperidine rings is 1. The van der Waals surface area contributed by atoms with Crippen LogP contribution in [0.25, 0.3) is 0 Å². The molecule has 30 heavy (non-hydrogen) atoms. The second kappa shape index (κ2) is 9.20. The minimum Gasteiger partial charge on any atom is -0.483 e. The number of carbonyl (C=O) groups excluding carboxylic acids is 2. The molecule has 2 aromatic rings. The third kappa shape index (κ3) is 5.32. The third-order valence-electron chi connectivity index (χ3n) is 5.31. The molecule has 0 aromatic heterocycles. The normalized spacial score (nSPS) is 14.3. The van der Waals surface area contributed by atoms with Gasteiger partial charge in [0.1, 0.15) is 5.75 Å². The van der Waals surface area contributed by atoms with Crippen LogP contribution in [0.5, 0.6) is 5.75 Å². The van der Waals surface area contributed by atoms with Crippen molar-refractivity contribution in [3.63, 3.8) is 0 Å². The van der Waals surface area contributed by atoms with Crippen molar-refractivity contribution in [1.82, 2.24) is 0 Å². The van der Waals surface area contributed by atoms with E-state index in [4.69, 9.17) is 10.5 Å². The molecular weight excluding hydrogens is 378 g/mol. The second-order valence-electron chi connectivity index (χ2n) is 8.73. The SMILES string of the molecule is CC(C)(C)c1ccccc1OCC(=O)Nc1cc(C(N)=O)ccc1N1CCCCC1. The summed E-state index contributed by atoms with van der Waals surface area (Å²) in [5.74, 6) is -0.105. The molecule has 0 spiro atoms. The second-order valence-corrected chi connectivity index (χ2v) is 8.73. The first kappa shape index (κ1) is 21.7. The van der Waals surface area contributed by atoms with E-state index in [1.165, 1.54) is 6.42 Å². The van der Waals surface area contributed by atoms with Crippen molar-refractivity contribution in [2.45, 2.75) is 45.4 Å². The Morgan fingerprint density at radius 1 is 1.07 bits per heavy atom. The third-order valence-corrected chi connectivity index (χ3v) is 5.31. The van der Waals surface area contributed by atoms with Crippen molar-refractivity contribution in [1.29, 1.82) is 0 Å². The maximum absolute atomic E-state index is 12.7. The van der Waals surface area contributed by atoms with Gasteiger partial charge in [-0.3, -0.25) is 9.59 Å². The highest BCUT2D eigenvalue weighted by atomic mass is 16.5. The number of para-hydroxylation sites is 1. The van der Waals surface area contributed by atoms with E-state index in [0.29, 0.717) is 17.0 Å². The van der Waals surface area contributed by atoms with Gasteiger partial charge >= 0.3 is 0 Å². The number of ether oxygens (including phenoxy) is 1. The minimum atomic E-state index is -0.522. The first-order chi connectivity index (χ1) is 14.3. The number of anilines is 2. The van der Waals surface area contributed by atoms with Gasteiger partial charge in [-0.05, 0) is 54.5 Å². The fourth-order valence-corrected chi connectivity index (χ4v) is 3.74. The number of primary amides is 1. The van der Waals surface area contributed by atoms with Gasteiger partial charge in [-0.15, -0.1) is 0 Å². The first-order valence-corrected chi connectivity index (χ1v) is 10.5. The molecule has 0 atom stereocenters. The number of nitrogens with zero attached hydrogens (tertiary/aromatic N) is 1. The Morgan fingerprint density at radius 2 is 1.77 bits per heavy atom. The summed E-state index contributed by atoms with van der Waals surface area (Å²) in [6, 6.07) is 13.0. The van der Waals surface area contributed by atoms with Gasteiger partial charge in [0.05, 0.1) is 11.4 Å². The van der Waals surface area contributed by atoms with Crippen LogP contribution in [0.3, 0.4) is 0 Å². The van der Waals surface area contributed by atoms with Crippen LogP contribution in [-0.2, 0) is 10.2 Å². The molecule has 0 radical (unpaired) electrons. The molecule has 3 N–H and O–H groups in total. The number of amides is 2. The highest BCUT2D eigenvalue weighted by Crippen LogP contribution is 2.32. The molecule has 1 saturated heterocycles. The molecular formula is C24H31N3O3. The molecule has 1 fully saturated rings. The van der Waals surface area contributed by atoms with Crippen molar-refractivity contribution in [2.75, 3.05) is 29.9 Å². The zero-order chi connectivity index (χ0) is 21.7. The molecule has 0 aliphatic carbocycles. The Kier molecular flexibility index (Phi) is 6.65. The number of hydrogen-bond acceptors (Lipinski definition) is 4. The number of nitrogens with two attached hydrogens (primary N) is 1. The van der Waals surface area contributed by atoms with Crippen LogP contribution in [-0.4, -0.2) is 31.5 Å². The quantitative estimate of drug-likeness (QED) is 0.753. The number of hydrogen-bond donors (Lipinski definition) is 2. The fraction of sp³-hybridized carbons (Fsp3) is 0.417. The predicted molar refractivity (Wildman–Crippen MR) is 120 cm³/mol. The fourth-order valence-electron chi connectivity index (χ4n) is 3.74. The number of carbonyl (C=O) groups is 2. The first-order valence-electron chi connectivity index (χ1n) is 10.5. The van der Waals surface area contributed by atoms with E-state index in [9.17, 15) is 9.59 Å². The molecule has 1 aliphatic heterocycles. The highest BCUT2D eigenvalue weighted by Gasteiger charge is 2.20. The predicted octanol–water partition coefficient (Wildman–Crippen LogP) is 4.09. The molecule has 1 aliphatic rings. The molecule has 0 saturated carbocycles. The van der Waals surface area contributed by atoms with Crippen LogP contribution in [0.1, 0.15) is 56.0 Å². The van der Waals surface area contributed by atoms with E-state index >= 15 is 0 Å². The monoisotopic (exact) mass is 409 g/mol. The summed E-state index contributed by atoms with van der Waals surface area (Å²) in [6.45, 7) is 8.05. The molecule has 2 aromatic carbocycles. The summed E-state index contributed by atoms with van der Waals surface area (Å²) in [4.78, 5) is 26.6. The van der Waals surface area contributed by atoms with E-state index in [1.54, 1.807) is 12.1 Å². The standard InChI is InChI=1S/C24H31N3O3/c1-24(2,3)18-9-5-6-10-21(18)30-16-22(28)26-19-15-17(23(25)29)11-12-20(19)27-13-7-4-8-14-27/h5-6,9-12,15H,4,7-8,13-14,16H2,1-3H3,(H2,25,29)(H,26,28). The molecule has 6 nitrogen and oxygen atoms in total. The molecule has 0 unspecified atom stereocenters. The summed E-state index contributed by atoms with van der Waals surface area (Å²) < 4.78 is 5.84. The lowest BCUT2D eigenvalue weighted by Gasteiger charge is -2.30. The van der Waals surface area contributed by atoms with Crippen LogP contribution >= 0.6 is 0 Å². The lowest BCUT2D eigenvalue weighted by Crippen LogP contribution is -2.31. The van der Waals surface area contributed by atoms with Crippen molar-refractivity contribution < 1.29 is 14.3 Å². The van der Waals surface area contributed by atoms with Crippen molar-refractivity contribution >= 4 is 23.2 Å². The molecule has 1 heterocycles. The smallest absolute Gasteiger partial charge is 0.262 e. The minimum absolute atomic E-state index is 0.0929. The van der Waals surface area contributed by atoms with Crippen LogP contribution in [0.2, 0.25) is 0 Å². The zero-order valence-electron chi connectivity index (χ0n) is 18.0. The Balaban J connectivity index is 1.76. The van der Waals surface area contributed by atoms with E-state index in [0.717, 1.165) is 37.2 Å². The topological polar surface area (TPSA) is 84.7 Å². The molecule has 6 heteroatoms. The average molecular weight is 410 g/mol. The molecule has 160 valence electrons. The van der Waals surface area contributed by atoms with E-state index in [2.05, 4.69) is 31.0 Å². The van der Waals surface area contributed by atoms with Crippen molar-refractivity contribution in [2.24, 2.45) is 5.73 Å². The lowest BCUT2D eigenvalue weighted by molar-refractivity contribution is -0.118. The largest absolute Gasteiger partial charge is 0.483 e. The van der Waals surface area contributed by atoms with Gasteiger partial charge in [-0.25, -0.2) is 0 Å². The van der Waals surface area contributed by atoms with Crippen LogP contribution in [0.15, 0.2) is 42.5 Å². The highest BCUT2D eigenvalue weighted by molar-refractivity contribution is 5.99.